The predicted molar refractivity (Wildman–Crippen MR) is 67.5 cm³/mol. The van der Waals surface area contributed by atoms with Gasteiger partial charge in [-0.1, -0.05) is 12.1 Å². The molecule has 0 amide bonds. The Balaban J connectivity index is 2.38. The molecular weight excluding hydrogens is 218 g/mol. The fourth-order valence-electron chi connectivity index (χ4n) is 2.40. The molecule has 1 aliphatic rings. The zero-order chi connectivity index (χ0) is 12.4. The van der Waals surface area contributed by atoms with Crippen LogP contribution in [0.15, 0.2) is 18.2 Å². The van der Waals surface area contributed by atoms with Crippen LogP contribution in [-0.4, -0.2) is 31.1 Å². The van der Waals surface area contributed by atoms with E-state index in [-0.39, 0.29) is 10.6 Å². The van der Waals surface area contributed by atoms with Crippen LogP contribution in [0.1, 0.15) is 12.0 Å². The van der Waals surface area contributed by atoms with E-state index >= 15 is 0 Å². The summed E-state index contributed by atoms with van der Waals surface area (Å²) in [6.07, 6.45) is 1.03. The van der Waals surface area contributed by atoms with Crippen LogP contribution in [0.5, 0.6) is 0 Å². The topological polar surface area (TPSA) is 58.4 Å². The number of hydrogen-bond donors (Lipinski definition) is 1. The van der Waals surface area contributed by atoms with Gasteiger partial charge in [-0.2, -0.15) is 0 Å². The van der Waals surface area contributed by atoms with E-state index in [1.807, 2.05) is 24.9 Å². The minimum atomic E-state index is -0.304. The van der Waals surface area contributed by atoms with Gasteiger partial charge in [-0.15, -0.1) is 0 Å². The van der Waals surface area contributed by atoms with Gasteiger partial charge in [0, 0.05) is 25.7 Å². The van der Waals surface area contributed by atoms with E-state index in [0.717, 1.165) is 30.8 Å². The molecule has 5 heteroatoms. The van der Waals surface area contributed by atoms with E-state index in [9.17, 15) is 10.1 Å². The number of nitro groups is 1. The molecular formula is C12H17N3O2. The Labute approximate surface area is 101 Å². The number of benzene rings is 1. The number of likely N-dealkylation sites (N-methyl/N-ethyl adjacent to an activating group) is 1. The monoisotopic (exact) mass is 235 g/mol. The van der Waals surface area contributed by atoms with Crippen molar-refractivity contribution < 1.29 is 4.92 Å². The van der Waals surface area contributed by atoms with Crippen LogP contribution >= 0.6 is 0 Å². The Bertz CT molecular complexity index is 428. The van der Waals surface area contributed by atoms with Gasteiger partial charge in [-0.05, 0) is 25.5 Å². The Morgan fingerprint density at radius 3 is 2.88 bits per heavy atom. The third-order valence-corrected chi connectivity index (χ3v) is 3.35. The average Bonchev–Trinajstić information content (AvgIpc) is 2.81. The molecule has 0 radical (unpaired) electrons. The van der Waals surface area contributed by atoms with Crippen LogP contribution in [0.25, 0.3) is 0 Å². The first kappa shape index (κ1) is 11.9. The fourth-order valence-corrected chi connectivity index (χ4v) is 2.40. The summed E-state index contributed by atoms with van der Waals surface area (Å²) < 4.78 is 0. The summed E-state index contributed by atoms with van der Waals surface area (Å²) in [5.74, 6) is 0. The van der Waals surface area contributed by atoms with Gasteiger partial charge in [0.05, 0.1) is 4.92 Å². The summed E-state index contributed by atoms with van der Waals surface area (Å²) in [6.45, 7) is 3.79. The molecule has 1 aromatic rings. The van der Waals surface area contributed by atoms with E-state index in [2.05, 4.69) is 5.32 Å². The van der Waals surface area contributed by atoms with E-state index < -0.39 is 0 Å². The molecule has 1 aromatic carbocycles. The summed E-state index contributed by atoms with van der Waals surface area (Å²) in [5.41, 5.74) is 1.89. The molecule has 92 valence electrons. The molecule has 1 unspecified atom stereocenters. The van der Waals surface area contributed by atoms with Crippen molar-refractivity contribution in [1.29, 1.82) is 0 Å². The first-order valence-electron chi connectivity index (χ1n) is 5.79. The number of nitrogens with one attached hydrogen (secondary N) is 1. The molecule has 0 aliphatic carbocycles. The summed E-state index contributed by atoms with van der Waals surface area (Å²) >= 11 is 0. The molecule has 5 nitrogen and oxygen atoms in total. The van der Waals surface area contributed by atoms with Crippen LogP contribution in [0, 0.1) is 17.0 Å². The van der Waals surface area contributed by atoms with E-state index in [4.69, 9.17) is 0 Å². The minimum Gasteiger partial charge on any atom is -0.365 e. The second-order valence-corrected chi connectivity index (χ2v) is 4.46. The lowest BCUT2D eigenvalue weighted by atomic mass is 10.1. The molecule has 2 rings (SSSR count). The van der Waals surface area contributed by atoms with Gasteiger partial charge in [-0.25, -0.2) is 0 Å². The molecule has 0 aromatic heterocycles. The van der Waals surface area contributed by atoms with Gasteiger partial charge in [0.2, 0.25) is 0 Å². The molecule has 1 saturated heterocycles. The van der Waals surface area contributed by atoms with Crippen LogP contribution in [0.3, 0.4) is 0 Å². The van der Waals surface area contributed by atoms with Crippen molar-refractivity contribution >= 4 is 11.4 Å². The number of rotatable bonds is 3. The van der Waals surface area contributed by atoms with Gasteiger partial charge in [0.25, 0.3) is 5.69 Å². The number of anilines is 1. The highest BCUT2D eigenvalue weighted by Gasteiger charge is 2.26. The summed E-state index contributed by atoms with van der Waals surface area (Å²) in [4.78, 5) is 12.8. The first-order valence-corrected chi connectivity index (χ1v) is 5.79. The van der Waals surface area contributed by atoms with Gasteiger partial charge in [-0.3, -0.25) is 10.1 Å². The number of nitro benzene ring substituents is 1. The predicted octanol–water partition coefficient (Wildman–Crippen LogP) is 1.70. The molecule has 1 heterocycles. The summed E-state index contributed by atoms with van der Waals surface area (Å²) in [6, 6.07) is 5.56. The summed E-state index contributed by atoms with van der Waals surface area (Å²) in [5, 5.41) is 14.3. The van der Waals surface area contributed by atoms with Gasteiger partial charge in [0.15, 0.2) is 0 Å². The zero-order valence-electron chi connectivity index (χ0n) is 10.1. The minimum absolute atomic E-state index is 0.194. The molecule has 1 atom stereocenters. The van der Waals surface area contributed by atoms with E-state index in [1.165, 1.54) is 0 Å². The first-order chi connectivity index (χ1) is 8.11. The molecule has 17 heavy (non-hydrogen) atoms. The van der Waals surface area contributed by atoms with Crippen molar-refractivity contribution in [2.45, 2.75) is 19.4 Å². The third-order valence-electron chi connectivity index (χ3n) is 3.35. The lowest BCUT2D eigenvalue weighted by molar-refractivity contribution is -0.384. The van der Waals surface area contributed by atoms with Gasteiger partial charge >= 0.3 is 0 Å². The lowest BCUT2D eigenvalue weighted by Crippen LogP contribution is -2.34. The molecule has 0 bridgehead atoms. The molecule has 0 spiro atoms. The van der Waals surface area contributed by atoms with Crippen molar-refractivity contribution in [1.82, 2.24) is 5.32 Å². The fraction of sp³-hybridized carbons (Fsp3) is 0.500. The average molecular weight is 235 g/mol. The van der Waals surface area contributed by atoms with Gasteiger partial charge < -0.3 is 10.2 Å². The van der Waals surface area contributed by atoms with Gasteiger partial charge in [0.1, 0.15) is 5.69 Å². The van der Waals surface area contributed by atoms with Crippen molar-refractivity contribution in [2.75, 3.05) is 25.0 Å². The second-order valence-electron chi connectivity index (χ2n) is 4.46. The Morgan fingerprint density at radius 2 is 2.29 bits per heavy atom. The van der Waals surface area contributed by atoms with Crippen molar-refractivity contribution in [3.63, 3.8) is 0 Å². The van der Waals surface area contributed by atoms with Crippen LogP contribution < -0.4 is 10.2 Å². The maximum Gasteiger partial charge on any atom is 0.292 e. The Morgan fingerprint density at radius 1 is 1.53 bits per heavy atom. The number of para-hydroxylation sites is 1. The third kappa shape index (κ3) is 2.24. The van der Waals surface area contributed by atoms with Crippen LogP contribution in [0.4, 0.5) is 11.4 Å². The maximum absolute atomic E-state index is 11.1. The summed E-state index contributed by atoms with van der Waals surface area (Å²) in [7, 11) is 1.94. The largest absolute Gasteiger partial charge is 0.365 e. The number of nitrogens with zero attached hydrogens (tertiary/aromatic N) is 2. The van der Waals surface area contributed by atoms with E-state index in [1.54, 1.807) is 12.1 Å². The standard InChI is InChI=1S/C12H17N3O2/c1-9-4-3-5-11(15(16)17)12(9)14(2)10-6-7-13-8-10/h3-5,10,13H,6-8H2,1-2H3. The van der Waals surface area contributed by atoms with Crippen LogP contribution in [0.2, 0.25) is 0 Å². The van der Waals surface area contributed by atoms with Crippen molar-refractivity contribution in [3.8, 4) is 0 Å². The van der Waals surface area contributed by atoms with Crippen molar-refractivity contribution in [2.24, 2.45) is 0 Å². The maximum atomic E-state index is 11.1. The number of hydrogen-bond acceptors (Lipinski definition) is 4. The zero-order valence-corrected chi connectivity index (χ0v) is 10.1. The normalized spacial score (nSPS) is 19.3. The highest BCUT2D eigenvalue weighted by molar-refractivity contribution is 5.67. The second kappa shape index (κ2) is 4.71. The molecule has 1 fully saturated rings. The van der Waals surface area contributed by atoms with Crippen LogP contribution in [-0.2, 0) is 0 Å². The Kier molecular flexibility index (Phi) is 3.28. The molecule has 1 N–H and O–H groups in total. The quantitative estimate of drug-likeness (QED) is 0.640. The SMILES string of the molecule is Cc1cccc([N+](=O)[O-])c1N(C)C1CCNC1. The molecule has 1 aliphatic heterocycles. The number of aryl methyl sites for hydroxylation is 1. The Hall–Kier alpha value is -1.62. The molecule has 0 saturated carbocycles. The highest BCUT2D eigenvalue weighted by Crippen LogP contribution is 2.32. The van der Waals surface area contributed by atoms with Crippen molar-refractivity contribution in [3.05, 3.63) is 33.9 Å². The lowest BCUT2D eigenvalue weighted by Gasteiger charge is -2.27. The highest BCUT2D eigenvalue weighted by atomic mass is 16.6. The smallest absolute Gasteiger partial charge is 0.292 e. The van der Waals surface area contributed by atoms with E-state index in [0.29, 0.717) is 6.04 Å².